The fourth-order valence-corrected chi connectivity index (χ4v) is 9.17. The Morgan fingerprint density at radius 1 is 1.05 bits per heavy atom. The van der Waals surface area contributed by atoms with Gasteiger partial charge in [0.2, 0.25) is 23.6 Å². The summed E-state index contributed by atoms with van der Waals surface area (Å²) in [5.74, 6) is -1.75. The summed E-state index contributed by atoms with van der Waals surface area (Å²) in [6.45, 7) is 13.2. The zero-order valence-electron chi connectivity index (χ0n) is 44.6. The van der Waals surface area contributed by atoms with E-state index in [4.69, 9.17) is 19.9 Å². The predicted molar refractivity (Wildman–Crippen MR) is 279 cm³/mol. The smallest absolute Gasteiger partial charge is 0.254 e. The van der Waals surface area contributed by atoms with Crippen LogP contribution in [0.3, 0.4) is 0 Å². The molecule has 6 rings (SSSR count). The molecular weight excluding hydrogens is 964 g/mol. The second kappa shape index (κ2) is 26.0. The highest BCUT2D eigenvalue weighted by Gasteiger charge is 2.45. The van der Waals surface area contributed by atoms with E-state index in [0.29, 0.717) is 48.4 Å². The normalized spacial score (nSPS) is 17.8. The fraction of sp³-hybridized carbons (Fsp3) is 0.519. The molecule has 0 saturated carbocycles. The van der Waals surface area contributed by atoms with Crippen LogP contribution >= 0.6 is 0 Å². The number of nitrogen functional groups attached to an aromatic ring is 1. The van der Waals surface area contributed by atoms with Crippen molar-refractivity contribution in [3.8, 4) is 22.9 Å². The van der Waals surface area contributed by atoms with Crippen LogP contribution < -0.4 is 31.7 Å². The first-order valence-electron chi connectivity index (χ1n) is 25.5. The summed E-state index contributed by atoms with van der Waals surface area (Å²) in [5.41, 5.74) is 8.60. The van der Waals surface area contributed by atoms with E-state index in [0.717, 1.165) is 5.56 Å². The molecule has 20 nitrogen and oxygen atoms in total. The van der Waals surface area contributed by atoms with Crippen LogP contribution in [0.2, 0.25) is 0 Å². The third-order valence-corrected chi connectivity index (χ3v) is 13.7. The molecule has 75 heavy (non-hydrogen) atoms. The second-order valence-corrected chi connectivity index (χ2v) is 20.1. The Morgan fingerprint density at radius 3 is 2.45 bits per heavy atom. The summed E-state index contributed by atoms with van der Waals surface area (Å²) in [4.78, 5) is 77.6. The Balaban J connectivity index is 0.993. The summed E-state index contributed by atoms with van der Waals surface area (Å²) in [6.07, 6.45) is 1.85. The van der Waals surface area contributed by atoms with Gasteiger partial charge in [-0.05, 0) is 69.0 Å². The number of hydrogen-bond acceptors (Lipinski definition) is 14. The predicted octanol–water partition coefficient (Wildman–Crippen LogP) is 4.11. The van der Waals surface area contributed by atoms with Crippen LogP contribution in [0.25, 0.3) is 11.1 Å². The van der Waals surface area contributed by atoms with E-state index in [-0.39, 0.29) is 111 Å². The van der Waals surface area contributed by atoms with Crippen molar-refractivity contribution < 1.29 is 42.6 Å². The molecule has 0 unspecified atom stereocenters. The van der Waals surface area contributed by atoms with E-state index >= 15 is 0 Å². The van der Waals surface area contributed by atoms with E-state index < -0.39 is 41.4 Å². The van der Waals surface area contributed by atoms with Crippen LogP contribution in [0.1, 0.15) is 106 Å². The van der Waals surface area contributed by atoms with Gasteiger partial charge in [-0.1, -0.05) is 58.0 Å². The number of pyridine rings is 1. The molecule has 2 aromatic carbocycles. The molecule has 2 aliphatic heterocycles. The number of aromatic nitrogens is 3. The lowest BCUT2D eigenvalue weighted by molar-refractivity contribution is -0.144. The van der Waals surface area contributed by atoms with Gasteiger partial charge in [0, 0.05) is 68.2 Å². The van der Waals surface area contributed by atoms with Gasteiger partial charge in [-0.25, -0.2) is 9.37 Å². The molecule has 0 aliphatic carbocycles. The lowest BCUT2D eigenvalue weighted by atomic mass is 9.85. The van der Waals surface area contributed by atoms with E-state index in [1.54, 1.807) is 55.5 Å². The van der Waals surface area contributed by atoms with Gasteiger partial charge < -0.3 is 55.9 Å². The van der Waals surface area contributed by atoms with Gasteiger partial charge in [-0.3, -0.25) is 28.7 Å². The Labute approximate surface area is 438 Å². The van der Waals surface area contributed by atoms with Crippen LogP contribution in [0.4, 0.5) is 10.2 Å². The molecule has 6 atom stereocenters. The molecule has 4 heterocycles. The van der Waals surface area contributed by atoms with Gasteiger partial charge in [0.15, 0.2) is 17.3 Å². The van der Waals surface area contributed by atoms with E-state index in [1.165, 1.54) is 29.3 Å². The number of carbonyl (C=O) groups is 5. The first-order valence-corrected chi connectivity index (χ1v) is 25.5. The summed E-state index contributed by atoms with van der Waals surface area (Å²) in [6, 6.07) is 14.8. The monoisotopic (exact) mass is 1040 g/mol. The molecular formula is C54H73FN12O8. The average Bonchev–Trinajstić information content (AvgIpc) is 3.98. The highest BCUT2D eigenvalue weighted by molar-refractivity contribution is 5.96. The number of nitrogens with one attached hydrogen (secondary N) is 4. The number of likely N-dealkylation sites (N-methyl/N-ethyl adjacent to an activating group) is 2. The SMILES string of the molecule is CC[C@@H](NC(=O)[C@@H]1C[C@H](NCCOCCOCCC(=O)N(C)CCn2nc(C#N)c3c2CN(C)C(=O)c2ccc(F)cc2[C@@H](C)Oc2cc-3cnc2N)CN1C(=O)[C@@H](NC(=O)[C@H](C)NC)C(C)(C)C)c1ccccc1. The maximum absolute atomic E-state index is 14.5. The van der Waals surface area contributed by atoms with Crippen LogP contribution in [-0.4, -0.2) is 150 Å². The van der Waals surface area contributed by atoms with Crippen LogP contribution in [0.15, 0.2) is 60.8 Å². The number of hydrogen-bond donors (Lipinski definition) is 5. The summed E-state index contributed by atoms with van der Waals surface area (Å²) < 4.78 is 33.8. The van der Waals surface area contributed by atoms with Gasteiger partial charge >= 0.3 is 0 Å². The van der Waals surface area contributed by atoms with Crippen molar-refractivity contribution in [2.75, 3.05) is 72.9 Å². The quantitative estimate of drug-likeness (QED) is 0.0738. The molecule has 2 aromatic heterocycles. The minimum atomic E-state index is -0.878. The molecule has 5 amide bonds. The Morgan fingerprint density at radius 2 is 1.77 bits per heavy atom. The summed E-state index contributed by atoms with van der Waals surface area (Å²) >= 11 is 0. The molecule has 404 valence electrons. The molecule has 1 fully saturated rings. The molecule has 1 saturated heterocycles. The minimum absolute atomic E-state index is 0.0177. The Bertz CT molecular complexity index is 2690. The average molecular weight is 1040 g/mol. The van der Waals surface area contributed by atoms with Crippen molar-refractivity contribution in [2.45, 2.75) is 110 Å². The lowest BCUT2D eigenvalue weighted by Gasteiger charge is -2.36. The number of carbonyl (C=O) groups excluding carboxylic acids is 5. The van der Waals surface area contributed by atoms with Crippen molar-refractivity contribution in [2.24, 2.45) is 5.41 Å². The number of nitrogens with two attached hydrogens (primary N) is 1. The maximum atomic E-state index is 14.5. The number of anilines is 1. The molecule has 0 radical (unpaired) electrons. The maximum Gasteiger partial charge on any atom is 0.254 e. The van der Waals surface area contributed by atoms with Crippen LogP contribution in [-0.2, 0) is 41.7 Å². The molecule has 0 spiro atoms. The number of amides is 5. The third-order valence-electron chi connectivity index (χ3n) is 13.7. The van der Waals surface area contributed by atoms with Crippen molar-refractivity contribution in [3.05, 3.63) is 94.7 Å². The van der Waals surface area contributed by atoms with Crippen LogP contribution in [0.5, 0.6) is 5.75 Å². The third kappa shape index (κ3) is 14.4. The summed E-state index contributed by atoms with van der Waals surface area (Å²) in [7, 11) is 4.94. The number of likely N-dealkylation sites (tertiary alicyclic amines) is 1. The first kappa shape index (κ1) is 57.3. The largest absolute Gasteiger partial charge is 0.482 e. The lowest BCUT2D eigenvalue weighted by Crippen LogP contribution is -2.59. The Kier molecular flexibility index (Phi) is 19.8. The van der Waals surface area contributed by atoms with Gasteiger partial charge in [-0.15, -0.1) is 0 Å². The number of benzene rings is 2. The van der Waals surface area contributed by atoms with Crippen molar-refractivity contribution in [1.29, 1.82) is 5.26 Å². The number of fused-ring (bicyclic) bond motifs is 5. The number of nitrogens with zero attached hydrogens (tertiary/aromatic N) is 7. The standard InChI is InChI=1S/C54H73FN12O8/c1-10-41(35-14-12-11-13-15-35)61-51(70)43-28-38(31-66(43)53(72)48(54(4,5)6)62-50(69)33(2)58-7)59-19-23-74-25-24-73-22-18-46(68)64(8)20-21-67-44-32-65(9)52(71)39-17-16-37(55)27-40(39)34(3)75-45-26-36(30-60-49(45)57)47(44)42(29-56)63-67/h11-17,26-27,30,33-34,38,41,43,48,58-59H,10,18-25,28,31-32H2,1-9H3,(H2,57,60)(H,61,70)(H,62,69)/t33-,34+,38-,41+,43-,48+/m0/s1. The first-order chi connectivity index (χ1) is 35.7. The molecule has 6 N–H and O–H groups in total. The number of ether oxygens (including phenoxy) is 3. The van der Waals surface area contributed by atoms with Crippen LogP contribution in [0, 0.1) is 22.6 Å². The number of rotatable bonds is 21. The topological polar surface area (TPSA) is 251 Å². The van der Waals surface area contributed by atoms with E-state index in [1.807, 2.05) is 58.0 Å². The minimum Gasteiger partial charge on any atom is -0.482 e. The van der Waals surface area contributed by atoms with E-state index in [2.05, 4.69) is 37.4 Å². The van der Waals surface area contributed by atoms with Gasteiger partial charge in [0.1, 0.15) is 30.1 Å². The van der Waals surface area contributed by atoms with Crippen molar-refractivity contribution >= 4 is 35.4 Å². The zero-order chi connectivity index (χ0) is 54.6. The summed E-state index contributed by atoms with van der Waals surface area (Å²) in [5, 5.41) is 27.3. The van der Waals surface area contributed by atoms with Crippen molar-refractivity contribution in [1.82, 2.24) is 50.7 Å². The fourth-order valence-electron chi connectivity index (χ4n) is 9.17. The highest BCUT2D eigenvalue weighted by Crippen LogP contribution is 2.36. The number of nitriles is 1. The molecule has 21 heteroatoms. The second-order valence-electron chi connectivity index (χ2n) is 20.1. The van der Waals surface area contributed by atoms with Crippen molar-refractivity contribution in [3.63, 3.8) is 0 Å². The highest BCUT2D eigenvalue weighted by atomic mass is 19.1. The van der Waals surface area contributed by atoms with E-state index in [9.17, 15) is 33.6 Å². The number of halogens is 1. The zero-order valence-corrected chi connectivity index (χ0v) is 44.6. The van der Waals surface area contributed by atoms with Gasteiger partial charge in [-0.2, -0.15) is 10.4 Å². The van der Waals surface area contributed by atoms with Gasteiger partial charge in [0.05, 0.1) is 63.7 Å². The Hall–Kier alpha value is -6.99. The van der Waals surface area contributed by atoms with Gasteiger partial charge in [0.25, 0.3) is 5.91 Å². The molecule has 2 aliphatic rings. The molecule has 2 bridgehead atoms. The molecule has 4 aromatic rings.